The van der Waals surface area contributed by atoms with Crippen molar-refractivity contribution in [1.82, 2.24) is 0 Å². The Balaban J connectivity index is 1.36. The molecule has 0 bridgehead atoms. The molecule has 0 unspecified atom stereocenters. The first-order valence-corrected chi connectivity index (χ1v) is 14.4. The van der Waals surface area contributed by atoms with E-state index in [9.17, 15) is 0 Å². The molecule has 40 heavy (non-hydrogen) atoms. The van der Waals surface area contributed by atoms with Crippen LogP contribution >= 0.6 is 11.3 Å². The van der Waals surface area contributed by atoms with Gasteiger partial charge in [-0.2, -0.15) is 0 Å². The van der Waals surface area contributed by atoms with Gasteiger partial charge in [-0.05, 0) is 74.1 Å². The molecule has 0 atom stereocenters. The van der Waals surface area contributed by atoms with E-state index < -0.39 is 0 Å². The highest BCUT2D eigenvalue weighted by molar-refractivity contribution is 7.25. The number of hydrogen-bond donors (Lipinski definition) is 0. The quantitative estimate of drug-likeness (QED) is 0.204. The largest absolute Gasteiger partial charge is 0.456 e. The van der Waals surface area contributed by atoms with Crippen molar-refractivity contribution in [3.63, 3.8) is 0 Å². The second-order valence-electron chi connectivity index (χ2n) is 10.5. The molecule has 0 saturated carbocycles. The van der Waals surface area contributed by atoms with Gasteiger partial charge in [-0.25, -0.2) is 0 Å². The number of hydrogen-bond acceptors (Lipinski definition) is 2. The fraction of sp³-hybridized carbons (Fsp3) is 0. The van der Waals surface area contributed by atoms with Gasteiger partial charge in [-0.15, -0.1) is 11.3 Å². The topological polar surface area (TPSA) is 13.1 Å². The van der Waals surface area contributed by atoms with E-state index in [0.717, 1.165) is 16.6 Å². The molecule has 0 aliphatic heterocycles. The van der Waals surface area contributed by atoms with E-state index in [1.54, 1.807) is 0 Å². The molecule has 0 saturated heterocycles. The molecule has 2 aromatic heterocycles. The Hall–Kier alpha value is -4.92. The molecule has 2 heteroatoms. The SMILES string of the molecule is c1ccc(-c2c3ccccc3c(-c3ccc4oc5cc6c(cc5c4c3)sc3ccccc36)c3ccccc23)cc1. The van der Waals surface area contributed by atoms with Crippen LogP contribution in [0.15, 0.2) is 138 Å². The minimum atomic E-state index is 0.926. The van der Waals surface area contributed by atoms with Gasteiger partial charge in [-0.1, -0.05) is 103 Å². The molecule has 7 aromatic carbocycles. The van der Waals surface area contributed by atoms with Crippen molar-refractivity contribution < 1.29 is 4.42 Å². The second kappa shape index (κ2) is 8.29. The van der Waals surface area contributed by atoms with Gasteiger partial charge in [0.05, 0.1) is 0 Å². The van der Waals surface area contributed by atoms with Crippen LogP contribution in [0, 0.1) is 0 Å². The van der Waals surface area contributed by atoms with Crippen LogP contribution in [0.5, 0.6) is 0 Å². The Kier molecular flexibility index (Phi) is 4.55. The summed E-state index contributed by atoms with van der Waals surface area (Å²) in [6, 6.07) is 48.3. The van der Waals surface area contributed by atoms with Crippen LogP contribution in [0.4, 0.5) is 0 Å². The monoisotopic (exact) mass is 526 g/mol. The van der Waals surface area contributed by atoms with Crippen LogP contribution in [-0.2, 0) is 0 Å². The van der Waals surface area contributed by atoms with Gasteiger partial charge < -0.3 is 4.42 Å². The highest BCUT2D eigenvalue weighted by Crippen LogP contribution is 2.45. The molecule has 9 rings (SSSR count). The predicted molar refractivity (Wildman–Crippen MR) is 172 cm³/mol. The molecular formula is C38H22OS. The molecule has 0 spiro atoms. The van der Waals surface area contributed by atoms with Crippen molar-refractivity contribution in [2.45, 2.75) is 0 Å². The highest BCUT2D eigenvalue weighted by atomic mass is 32.1. The minimum absolute atomic E-state index is 0.926. The molecule has 0 aliphatic carbocycles. The summed E-state index contributed by atoms with van der Waals surface area (Å²) in [6.07, 6.45) is 0. The van der Waals surface area contributed by atoms with Crippen LogP contribution in [0.1, 0.15) is 0 Å². The van der Waals surface area contributed by atoms with Crippen molar-refractivity contribution in [2.24, 2.45) is 0 Å². The summed E-state index contributed by atoms with van der Waals surface area (Å²) in [4.78, 5) is 0. The first-order chi connectivity index (χ1) is 19.8. The summed E-state index contributed by atoms with van der Waals surface area (Å²) < 4.78 is 9.03. The molecule has 0 radical (unpaired) electrons. The lowest BCUT2D eigenvalue weighted by molar-refractivity contribution is 0.669. The number of thiophene rings is 1. The van der Waals surface area contributed by atoms with Crippen LogP contribution < -0.4 is 0 Å². The predicted octanol–water partition coefficient (Wildman–Crippen LogP) is 11.6. The zero-order valence-electron chi connectivity index (χ0n) is 21.5. The van der Waals surface area contributed by atoms with E-state index in [4.69, 9.17) is 4.42 Å². The molecule has 186 valence electrons. The van der Waals surface area contributed by atoms with E-state index in [1.165, 1.54) is 69.4 Å². The average Bonchev–Trinajstić information content (AvgIpc) is 3.56. The molecule has 0 amide bonds. The van der Waals surface area contributed by atoms with Crippen molar-refractivity contribution in [3.05, 3.63) is 133 Å². The Morgan fingerprint density at radius 2 is 0.925 bits per heavy atom. The summed E-state index contributed by atoms with van der Waals surface area (Å²) >= 11 is 1.85. The Bertz CT molecular complexity index is 2370. The number of furan rings is 1. The third-order valence-corrected chi connectivity index (χ3v) is 9.38. The molecule has 0 aliphatic rings. The van der Waals surface area contributed by atoms with E-state index in [1.807, 2.05) is 11.3 Å². The van der Waals surface area contributed by atoms with E-state index in [0.29, 0.717) is 0 Å². The maximum atomic E-state index is 6.43. The van der Waals surface area contributed by atoms with Gasteiger partial charge >= 0.3 is 0 Å². The molecule has 9 aromatic rings. The van der Waals surface area contributed by atoms with Crippen LogP contribution in [0.25, 0.3) is 85.9 Å². The fourth-order valence-corrected chi connectivity index (χ4v) is 7.63. The highest BCUT2D eigenvalue weighted by Gasteiger charge is 2.18. The molecule has 0 fully saturated rings. The average molecular weight is 527 g/mol. The summed E-state index contributed by atoms with van der Waals surface area (Å²) in [5.74, 6) is 0. The van der Waals surface area contributed by atoms with Gasteiger partial charge in [0.15, 0.2) is 0 Å². The normalized spacial score (nSPS) is 12.0. The van der Waals surface area contributed by atoms with Crippen molar-refractivity contribution in [1.29, 1.82) is 0 Å². The molecule has 0 N–H and O–H groups in total. The van der Waals surface area contributed by atoms with Crippen molar-refractivity contribution in [2.75, 3.05) is 0 Å². The standard InChI is InChI=1S/C38H22OS/c1-2-10-23(11-3-1)37-26-13-4-6-15-28(26)38(29-16-7-5-14-27(29)37)24-18-19-33-30(20-24)31-22-36-32(21-34(31)39-33)25-12-8-9-17-35(25)40-36/h1-22H. The van der Waals surface area contributed by atoms with E-state index >= 15 is 0 Å². The minimum Gasteiger partial charge on any atom is -0.456 e. The number of rotatable bonds is 2. The van der Waals surface area contributed by atoms with Crippen LogP contribution in [0.2, 0.25) is 0 Å². The van der Waals surface area contributed by atoms with Crippen LogP contribution in [-0.4, -0.2) is 0 Å². The van der Waals surface area contributed by atoms with Gasteiger partial charge in [0, 0.05) is 30.9 Å². The van der Waals surface area contributed by atoms with Gasteiger partial charge in [0.1, 0.15) is 11.2 Å². The van der Waals surface area contributed by atoms with Gasteiger partial charge in [0.2, 0.25) is 0 Å². The van der Waals surface area contributed by atoms with Gasteiger partial charge in [0.25, 0.3) is 0 Å². The molecule has 2 heterocycles. The smallest absolute Gasteiger partial charge is 0.136 e. The Morgan fingerprint density at radius 1 is 0.350 bits per heavy atom. The van der Waals surface area contributed by atoms with Crippen molar-refractivity contribution >= 4 is 75.0 Å². The van der Waals surface area contributed by atoms with Crippen molar-refractivity contribution in [3.8, 4) is 22.3 Å². The summed E-state index contributed by atoms with van der Waals surface area (Å²) in [6.45, 7) is 0. The maximum absolute atomic E-state index is 6.43. The molecule has 1 nitrogen and oxygen atoms in total. The van der Waals surface area contributed by atoms with E-state index in [2.05, 4.69) is 133 Å². The summed E-state index contributed by atoms with van der Waals surface area (Å²) in [7, 11) is 0. The fourth-order valence-electron chi connectivity index (χ4n) is 6.51. The second-order valence-corrected chi connectivity index (χ2v) is 11.5. The maximum Gasteiger partial charge on any atom is 0.136 e. The lowest BCUT2D eigenvalue weighted by atomic mass is 9.86. The lowest BCUT2D eigenvalue weighted by Crippen LogP contribution is -1.90. The van der Waals surface area contributed by atoms with Crippen LogP contribution in [0.3, 0.4) is 0 Å². The summed E-state index contributed by atoms with van der Waals surface area (Å²) in [5, 5.41) is 9.96. The number of fused-ring (bicyclic) bond motifs is 8. The first kappa shape index (κ1) is 22.0. The zero-order valence-corrected chi connectivity index (χ0v) is 22.3. The lowest BCUT2D eigenvalue weighted by Gasteiger charge is -2.17. The molecular weight excluding hydrogens is 504 g/mol. The zero-order chi connectivity index (χ0) is 26.2. The Labute approximate surface area is 234 Å². The Morgan fingerprint density at radius 3 is 1.62 bits per heavy atom. The van der Waals surface area contributed by atoms with E-state index in [-0.39, 0.29) is 0 Å². The number of benzene rings is 7. The third kappa shape index (κ3) is 3.08. The summed E-state index contributed by atoms with van der Waals surface area (Å²) in [5.41, 5.74) is 6.87. The first-order valence-electron chi connectivity index (χ1n) is 13.6. The third-order valence-electron chi connectivity index (χ3n) is 8.25. The van der Waals surface area contributed by atoms with Gasteiger partial charge in [-0.3, -0.25) is 0 Å².